The molecule has 0 aromatic heterocycles. The Morgan fingerprint density at radius 2 is 2.50 bits per heavy atom. The first-order valence-electron chi connectivity index (χ1n) is 3.71. The van der Waals surface area contributed by atoms with Gasteiger partial charge in [-0.15, -0.1) is 0 Å². The predicted octanol–water partition coefficient (Wildman–Crippen LogP) is 1.86. The Hall–Kier alpha value is -0.790. The molecule has 0 N–H and O–H groups in total. The van der Waals surface area contributed by atoms with Crippen molar-refractivity contribution < 1.29 is 9.53 Å². The second-order valence-corrected chi connectivity index (χ2v) is 2.51. The third-order valence-corrected chi connectivity index (χ3v) is 1.67. The SMILES string of the molecule is CCCCC1C=COC1=O. The van der Waals surface area contributed by atoms with E-state index in [1.54, 1.807) is 0 Å². The highest BCUT2D eigenvalue weighted by molar-refractivity contribution is 5.77. The molecule has 1 aliphatic rings. The predicted molar refractivity (Wildman–Crippen MR) is 38.2 cm³/mol. The van der Waals surface area contributed by atoms with E-state index in [4.69, 9.17) is 0 Å². The van der Waals surface area contributed by atoms with Gasteiger partial charge in [-0.05, 0) is 12.5 Å². The van der Waals surface area contributed by atoms with Crippen molar-refractivity contribution >= 4 is 5.97 Å². The molecule has 0 aliphatic carbocycles. The van der Waals surface area contributed by atoms with Crippen molar-refractivity contribution in [3.05, 3.63) is 12.3 Å². The number of cyclic esters (lactones) is 1. The first-order chi connectivity index (χ1) is 4.84. The lowest BCUT2D eigenvalue weighted by atomic mass is 10.0. The maximum atomic E-state index is 10.8. The summed E-state index contributed by atoms with van der Waals surface area (Å²) >= 11 is 0. The summed E-state index contributed by atoms with van der Waals surface area (Å²) in [4.78, 5) is 10.8. The fourth-order valence-electron chi connectivity index (χ4n) is 1.01. The number of unbranched alkanes of at least 4 members (excludes halogenated alkanes) is 1. The summed E-state index contributed by atoms with van der Waals surface area (Å²) in [7, 11) is 0. The van der Waals surface area contributed by atoms with E-state index in [0.717, 1.165) is 19.3 Å². The van der Waals surface area contributed by atoms with Crippen molar-refractivity contribution in [3.8, 4) is 0 Å². The summed E-state index contributed by atoms with van der Waals surface area (Å²) < 4.78 is 4.64. The zero-order valence-electron chi connectivity index (χ0n) is 6.17. The normalized spacial score (nSPS) is 23.3. The number of hydrogen-bond donors (Lipinski definition) is 0. The Kier molecular flexibility index (Phi) is 2.49. The topological polar surface area (TPSA) is 26.3 Å². The molecule has 0 spiro atoms. The molecule has 2 nitrogen and oxygen atoms in total. The minimum Gasteiger partial charge on any atom is -0.434 e. The van der Waals surface area contributed by atoms with Crippen molar-refractivity contribution in [1.29, 1.82) is 0 Å². The van der Waals surface area contributed by atoms with E-state index < -0.39 is 0 Å². The van der Waals surface area contributed by atoms with Gasteiger partial charge in [0.2, 0.25) is 0 Å². The zero-order chi connectivity index (χ0) is 7.40. The maximum absolute atomic E-state index is 10.8. The third kappa shape index (κ3) is 1.59. The molecule has 1 aliphatic heterocycles. The van der Waals surface area contributed by atoms with Crippen molar-refractivity contribution in [2.75, 3.05) is 0 Å². The van der Waals surface area contributed by atoms with Gasteiger partial charge in [0.1, 0.15) is 0 Å². The fourth-order valence-corrected chi connectivity index (χ4v) is 1.01. The molecule has 0 aromatic rings. The molecular formula is C8H12O2. The van der Waals surface area contributed by atoms with E-state index in [1.807, 2.05) is 6.08 Å². The monoisotopic (exact) mass is 140 g/mol. The molecule has 1 unspecified atom stereocenters. The van der Waals surface area contributed by atoms with Crippen molar-refractivity contribution in [2.24, 2.45) is 5.92 Å². The number of ether oxygens (including phenoxy) is 1. The minimum atomic E-state index is -0.0894. The molecule has 0 bridgehead atoms. The first kappa shape index (κ1) is 7.32. The Morgan fingerprint density at radius 3 is 3.00 bits per heavy atom. The summed E-state index contributed by atoms with van der Waals surface area (Å²) in [5, 5.41) is 0. The average Bonchev–Trinajstić information content (AvgIpc) is 2.31. The summed E-state index contributed by atoms with van der Waals surface area (Å²) in [5.41, 5.74) is 0. The van der Waals surface area contributed by atoms with E-state index in [-0.39, 0.29) is 11.9 Å². The zero-order valence-corrected chi connectivity index (χ0v) is 6.17. The molecule has 0 saturated carbocycles. The van der Waals surface area contributed by atoms with Crippen LogP contribution in [0.15, 0.2) is 12.3 Å². The molecule has 2 heteroatoms. The smallest absolute Gasteiger partial charge is 0.317 e. The summed E-state index contributed by atoms with van der Waals surface area (Å²) in [6, 6.07) is 0. The molecule has 56 valence electrons. The lowest BCUT2D eigenvalue weighted by molar-refractivity contribution is -0.139. The second-order valence-electron chi connectivity index (χ2n) is 2.51. The largest absolute Gasteiger partial charge is 0.434 e. The van der Waals surface area contributed by atoms with Crippen molar-refractivity contribution in [3.63, 3.8) is 0 Å². The number of hydrogen-bond acceptors (Lipinski definition) is 2. The number of rotatable bonds is 3. The van der Waals surface area contributed by atoms with Crippen LogP contribution in [0.5, 0.6) is 0 Å². The van der Waals surface area contributed by atoms with Gasteiger partial charge in [-0.25, -0.2) is 0 Å². The number of carbonyl (C=O) groups excluding carboxylic acids is 1. The average molecular weight is 140 g/mol. The molecule has 0 fully saturated rings. The molecular weight excluding hydrogens is 128 g/mol. The van der Waals surface area contributed by atoms with Gasteiger partial charge in [0.15, 0.2) is 0 Å². The van der Waals surface area contributed by atoms with Crippen LogP contribution in [0.2, 0.25) is 0 Å². The van der Waals surface area contributed by atoms with Crippen LogP contribution in [0.25, 0.3) is 0 Å². The molecule has 1 heterocycles. The summed E-state index contributed by atoms with van der Waals surface area (Å²) in [6.45, 7) is 2.12. The Morgan fingerprint density at radius 1 is 1.70 bits per heavy atom. The van der Waals surface area contributed by atoms with Crippen LogP contribution >= 0.6 is 0 Å². The molecule has 0 radical (unpaired) electrons. The van der Waals surface area contributed by atoms with Crippen LogP contribution in [0.1, 0.15) is 26.2 Å². The van der Waals surface area contributed by atoms with Gasteiger partial charge in [-0.3, -0.25) is 4.79 Å². The van der Waals surface area contributed by atoms with Gasteiger partial charge in [0, 0.05) is 0 Å². The Balaban J connectivity index is 2.27. The number of carbonyl (C=O) groups is 1. The maximum Gasteiger partial charge on any atom is 0.317 e. The summed E-state index contributed by atoms with van der Waals surface area (Å²) in [5.74, 6) is -0.0478. The molecule has 1 rings (SSSR count). The molecule has 0 aromatic carbocycles. The standard InChI is InChI=1S/C8H12O2/c1-2-3-4-7-5-6-10-8(7)9/h5-7H,2-4H2,1H3. The minimum absolute atomic E-state index is 0.0416. The second kappa shape index (κ2) is 3.40. The van der Waals surface area contributed by atoms with Gasteiger partial charge in [-0.2, -0.15) is 0 Å². The molecule has 1 atom stereocenters. The van der Waals surface area contributed by atoms with Crippen molar-refractivity contribution in [2.45, 2.75) is 26.2 Å². The van der Waals surface area contributed by atoms with Gasteiger partial charge in [-0.1, -0.05) is 19.8 Å². The lowest BCUT2D eigenvalue weighted by Gasteiger charge is -2.00. The van der Waals surface area contributed by atoms with Crippen LogP contribution in [0.3, 0.4) is 0 Å². The van der Waals surface area contributed by atoms with E-state index in [9.17, 15) is 4.79 Å². The summed E-state index contributed by atoms with van der Waals surface area (Å²) in [6.07, 6.45) is 6.49. The van der Waals surface area contributed by atoms with Crippen molar-refractivity contribution in [1.82, 2.24) is 0 Å². The van der Waals surface area contributed by atoms with Crippen LogP contribution in [-0.2, 0) is 9.53 Å². The van der Waals surface area contributed by atoms with Crippen LogP contribution < -0.4 is 0 Å². The highest BCUT2D eigenvalue weighted by atomic mass is 16.5. The Bertz CT molecular complexity index is 149. The van der Waals surface area contributed by atoms with E-state index >= 15 is 0 Å². The fraction of sp³-hybridized carbons (Fsp3) is 0.625. The van der Waals surface area contributed by atoms with Gasteiger partial charge >= 0.3 is 5.97 Å². The van der Waals surface area contributed by atoms with E-state index in [1.165, 1.54) is 6.26 Å². The first-order valence-corrected chi connectivity index (χ1v) is 3.71. The third-order valence-electron chi connectivity index (χ3n) is 1.67. The van der Waals surface area contributed by atoms with Crippen LogP contribution in [-0.4, -0.2) is 5.97 Å². The van der Waals surface area contributed by atoms with Gasteiger partial charge in [0.05, 0.1) is 12.2 Å². The van der Waals surface area contributed by atoms with Gasteiger partial charge in [0.25, 0.3) is 0 Å². The molecule has 0 saturated heterocycles. The van der Waals surface area contributed by atoms with E-state index in [2.05, 4.69) is 11.7 Å². The lowest BCUT2D eigenvalue weighted by Crippen LogP contribution is -2.07. The Labute approximate surface area is 60.9 Å². The van der Waals surface area contributed by atoms with Crippen LogP contribution in [0, 0.1) is 5.92 Å². The number of esters is 1. The van der Waals surface area contributed by atoms with Gasteiger partial charge < -0.3 is 4.74 Å². The quantitative estimate of drug-likeness (QED) is 0.559. The van der Waals surface area contributed by atoms with E-state index in [0.29, 0.717) is 0 Å². The highest BCUT2D eigenvalue weighted by Gasteiger charge is 2.19. The molecule has 10 heavy (non-hydrogen) atoms. The molecule has 0 amide bonds. The highest BCUT2D eigenvalue weighted by Crippen LogP contribution is 2.16. The van der Waals surface area contributed by atoms with Crippen LogP contribution in [0.4, 0.5) is 0 Å².